The molecule has 2 fully saturated rings. The highest BCUT2D eigenvalue weighted by molar-refractivity contribution is 5.91. The largest absolute Gasteiger partial charge is 0.495 e. The molecule has 1 saturated carbocycles. The average Bonchev–Trinajstić information content (AvgIpc) is 2.93. The molecule has 5 heteroatoms. The predicted molar refractivity (Wildman–Crippen MR) is 82.4 cm³/mol. The molecule has 5 nitrogen and oxygen atoms in total. The van der Waals surface area contributed by atoms with E-state index >= 15 is 0 Å². The van der Waals surface area contributed by atoms with Gasteiger partial charge in [0.1, 0.15) is 5.75 Å². The van der Waals surface area contributed by atoms with Gasteiger partial charge in [-0.3, -0.25) is 0 Å². The summed E-state index contributed by atoms with van der Waals surface area (Å²) in [5.41, 5.74) is 6.91. The number of carbonyl (C=O) groups excluding carboxylic acids is 1. The number of rotatable bonds is 2. The zero-order valence-electron chi connectivity index (χ0n) is 12.4. The molecule has 0 aromatic heterocycles. The van der Waals surface area contributed by atoms with Crippen LogP contribution < -0.4 is 15.8 Å². The lowest BCUT2D eigenvalue weighted by Crippen LogP contribution is -2.39. The predicted octanol–water partition coefficient (Wildman–Crippen LogP) is 2.29. The molecule has 1 aromatic carbocycles. The Balaban J connectivity index is 1.66. The van der Waals surface area contributed by atoms with Crippen molar-refractivity contribution >= 4 is 11.7 Å². The van der Waals surface area contributed by atoms with E-state index in [2.05, 4.69) is 5.32 Å². The van der Waals surface area contributed by atoms with Crippen LogP contribution in [0.4, 0.5) is 10.5 Å². The van der Waals surface area contributed by atoms with Crippen LogP contribution in [0.25, 0.3) is 0 Å². The number of nitrogens with one attached hydrogen (secondary N) is 1. The Morgan fingerprint density at radius 2 is 2.14 bits per heavy atom. The molecule has 1 heterocycles. The van der Waals surface area contributed by atoms with Crippen molar-refractivity contribution in [3.63, 3.8) is 0 Å². The normalized spacial score (nSPS) is 28.1. The number of methoxy groups -OCH3 is 1. The van der Waals surface area contributed by atoms with Gasteiger partial charge in [-0.05, 0) is 36.8 Å². The minimum Gasteiger partial charge on any atom is -0.495 e. The van der Waals surface area contributed by atoms with Crippen LogP contribution in [0.2, 0.25) is 0 Å². The molecule has 1 aromatic rings. The second-order valence-electron chi connectivity index (χ2n) is 6.05. The number of carbonyl (C=O) groups is 1. The molecule has 114 valence electrons. The standard InChI is InChI=1S/C16H23N3O2/c1-21-15-8-3-2-7-14(15)18-16(20)19-9-11-5-4-6-13(17)12(11)10-19/h2-3,7-8,11-13H,4-6,9-10,17H2,1H3,(H,18,20). The topological polar surface area (TPSA) is 67.6 Å². The van der Waals surface area contributed by atoms with E-state index in [9.17, 15) is 4.79 Å². The molecule has 3 rings (SSSR count). The zero-order valence-corrected chi connectivity index (χ0v) is 12.4. The molecule has 1 aliphatic carbocycles. The molecule has 0 spiro atoms. The monoisotopic (exact) mass is 289 g/mol. The summed E-state index contributed by atoms with van der Waals surface area (Å²) in [4.78, 5) is 14.3. The highest BCUT2D eigenvalue weighted by Crippen LogP contribution is 2.36. The fourth-order valence-electron chi connectivity index (χ4n) is 3.62. The summed E-state index contributed by atoms with van der Waals surface area (Å²) >= 11 is 0. The third-order valence-corrected chi connectivity index (χ3v) is 4.79. The Morgan fingerprint density at radius 3 is 2.90 bits per heavy atom. The highest BCUT2D eigenvalue weighted by Gasteiger charge is 2.40. The maximum Gasteiger partial charge on any atom is 0.321 e. The van der Waals surface area contributed by atoms with Gasteiger partial charge >= 0.3 is 6.03 Å². The van der Waals surface area contributed by atoms with Gasteiger partial charge in [-0.1, -0.05) is 18.6 Å². The number of fused-ring (bicyclic) bond motifs is 1. The second kappa shape index (κ2) is 5.93. The number of nitrogens with zero attached hydrogens (tertiary/aromatic N) is 1. The van der Waals surface area contributed by atoms with Crippen LogP contribution >= 0.6 is 0 Å². The van der Waals surface area contributed by atoms with Crippen LogP contribution in [0, 0.1) is 11.8 Å². The van der Waals surface area contributed by atoms with E-state index in [1.165, 1.54) is 12.8 Å². The lowest BCUT2D eigenvalue weighted by molar-refractivity contribution is 0.219. The minimum absolute atomic E-state index is 0.0545. The zero-order chi connectivity index (χ0) is 14.8. The number of urea groups is 1. The Labute approximate surface area is 125 Å². The molecule has 3 N–H and O–H groups in total. The first-order valence-electron chi connectivity index (χ1n) is 7.63. The maximum atomic E-state index is 12.5. The Hall–Kier alpha value is -1.75. The number of para-hydroxylation sites is 2. The molecular weight excluding hydrogens is 266 g/mol. The first kappa shape index (κ1) is 14.2. The summed E-state index contributed by atoms with van der Waals surface area (Å²) in [6.07, 6.45) is 3.46. The van der Waals surface area contributed by atoms with Gasteiger partial charge in [-0.25, -0.2) is 4.79 Å². The van der Waals surface area contributed by atoms with Crippen LogP contribution in [-0.2, 0) is 0 Å². The summed E-state index contributed by atoms with van der Waals surface area (Å²) in [5, 5.41) is 2.95. The molecule has 1 aliphatic heterocycles. The Bertz CT molecular complexity index is 520. The second-order valence-corrected chi connectivity index (χ2v) is 6.05. The van der Waals surface area contributed by atoms with E-state index in [0.29, 0.717) is 23.3 Å². The number of benzene rings is 1. The van der Waals surface area contributed by atoms with Gasteiger partial charge in [-0.2, -0.15) is 0 Å². The van der Waals surface area contributed by atoms with Gasteiger partial charge in [0.05, 0.1) is 12.8 Å². The summed E-state index contributed by atoms with van der Waals surface area (Å²) in [7, 11) is 1.61. The lowest BCUT2D eigenvalue weighted by atomic mass is 9.78. The molecule has 3 atom stereocenters. The van der Waals surface area contributed by atoms with Crippen LogP contribution in [0.5, 0.6) is 5.75 Å². The molecule has 2 aliphatic rings. The highest BCUT2D eigenvalue weighted by atomic mass is 16.5. The van der Waals surface area contributed by atoms with E-state index in [1.54, 1.807) is 7.11 Å². The first-order valence-corrected chi connectivity index (χ1v) is 7.63. The third kappa shape index (κ3) is 2.83. The fourth-order valence-corrected chi connectivity index (χ4v) is 3.62. The number of likely N-dealkylation sites (tertiary alicyclic amines) is 1. The number of hydrogen-bond donors (Lipinski definition) is 2. The van der Waals surface area contributed by atoms with Crippen molar-refractivity contribution in [1.82, 2.24) is 4.90 Å². The van der Waals surface area contributed by atoms with Gasteiger partial charge in [-0.15, -0.1) is 0 Å². The third-order valence-electron chi connectivity index (χ3n) is 4.79. The smallest absolute Gasteiger partial charge is 0.321 e. The number of ether oxygens (including phenoxy) is 1. The molecule has 1 saturated heterocycles. The van der Waals surface area contributed by atoms with Gasteiger partial charge < -0.3 is 20.7 Å². The van der Waals surface area contributed by atoms with E-state index in [-0.39, 0.29) is 12.1 Å². The lowest BCUT2D eigenvalue weighted by Gasteiger charge is -2.29. The molecule has 0 bridgehead atoms. The van der Waals surface area contributed by atoms with Crippen molar-refractivity contribution in [2.75, 3.05) is 25.5 Å². The van der Waals surface area contributed by atoms with Crippen molar-refractivity contribution in [3.8, 4) is 5.75 Å². The molecule has 0 radical (unpaired) electrons. The average molecular weight is 289 g/mol. The Kier molecular flexibility index (Phi) is 4.01. The van der Waals surface area contributed by atoms with Crippen LogP contribution in [-0.4, -0.2) is 37.2 Å². The molecular formula is C16H23N3O2. The number of nitrogens with two attached hydrogens (primary N) is 1. The van der Waals surface area contributed by atoms with Crippen LogP contribution in [0.1, 0.15) is 19.3 Å². The van der Waals surface area contributed by atoms with E-state index in [4.69, 9.17) is 10.5 Å². The van der Waals surface area contributed by atoms with Crippen molar-refractivity contribution in [2.24, 2.45) is 17.6 Å². The summed E-state index contributed by atoms with van der Waals surface area (Å²) < 4.78 is 5.27. The van der Waals surface area contributed by atoms with Crippen molar-refractivity contribution < 1.29 is 9.53 Å². The van der Waals surface area contributed by atoms with Gasteiger partial charge in [0, 0.05) is 19.1 Å². The van der Waals surface area contributed by atoms with Crippen LogP contribution in [0.3, 0.4) is 0 Å². The number of hydrogen-bond acceptors (Lipinski definition) is 3. The quantitative estimate of drug-likeness (QED) is 0.877. The summed E-state index contributed by atoms with van der Waals surface area (Å²) in [6, 6.07) is 7.66. The molecule has 21 heavy (non-hydrogen) atoms. The molecule has 3 unspecified atom stereocenters. The van der Waals surface area contributed by atoms with E-state index in [0.717, 1.165) is 19.5 Å². The molecule has 2 amide bonds. The van der Waals surface area contributed by atoms with Crippen LogP contribution in [0.15, 0.2) is 24.3 Å². The first-order chi connectivity index (χ1) is 10.2. The van der Waals surface area contributed by atoms with Crippen molar-refractivity contribution in [3.05, 3.63) is 24.3 Å². The number of anilines is 1. The van der Waals surface area contributed by atoms with Gasteiger partial charge in [0.25, 0.3) is 0 Å². The van der Waals surface area contributed by atoms with Crippen molar-refractivity contribution in [2.45, 2.75) is 25.3 Å². The minimum atomic E-state index is -0.0545. The summed E-state index contributed by atoms with van der Waals surface area (Å²) in [5.74, 6) is 1.71. The van der Waals surface area contributed by atoms with Crippen molar-refractivity contribution in [1.29, 1.82) is 0 Å². The van der Waals surface area contributed by atoms with Gasteiger partial charge in [0.2, 0.25) is 0 Å². The van der Waals surface area contributed by atoms with Gasteiger partial charge in [0.15, 0.2) is 0 Å². The Morgan fingerprint density at radius 1 is 1.33 bits per heavy atom. The maximum absolute atomic E-state index is 12.5. The van der Waals surface area contributed by atoms with E-state index in [1.807, 2.05) is 29.2 Å². The summed E-state index contributed by atoms with van der Waals surface area (Å²) in [6.45, 7) is 1.59. The number of amides is 2. The SMILES string of the molecule is COc1ccccc1NC(=O)N1CC2CCCC(N)C2C1. The fraction of sp³-hybridized carbons (Fsp3) is 0.562. The van der Waals surface area contributed by atoms with E-state index < -0.39 is 0 Å².